The van der Waals surface area contributed by atoms with Crippen LogP contribution in [0, 0.1) is 11.8 Å². The predicted molar refractivity (Wildman–Crippen MR) is 194 cm³/mol. The van der Waals surface area contributed by atoms with Crippen molar-refractivity contribution in [1.29, 1.82) is 0 Å². The lowest BCUT2D eigenvalue weighted by atomic mass is 9.88. The number of fused-ring (bicyclic) bond motifs is 3. The van der Waals surface area contributed by atoms with Crippen LogP contribution in [0.2, 0.25) is 0 Å². The number of nitrogens with zero attached hydrogens (tertiary/aromatic N) is 1. The van der Waals surface area contributed by atoms with Gasteiger partial charge >= 0.3 is 23.9 Å². The molecule has 0 saturated carbocycles. The van der Waals surface area contributed by atoms with Crippen LogP contribution in [-0.4, -0.2) is 86.4 Å². The molecule has 6 rings (SSSR count). The third kappa shape index (κ3) is 7.77. The van der Waals surface area contributed by atoms with E-state index in [1.54, 1.807) is 0 Å². The van der Waals surface area contributed by atoms with E-state index < -0.39 is 67.3 Å². The molecular formula is C37H37N3O12S2. The lowest BCUT2D eigenvalue weighted by molar-refractivity contribution is -0.147. The van der Waals surface area contributed by atoms with E-state index in [0.717, 1.165) is 52.6 Å². The molecule has 0 fully saturated rings. The topological polar surface area (TPSA) is 201 Å². The first-order valence-corrected chi connectivity index (χ1v) is 18.8. The third-order valence-electron chi connectivity index (χ3n) is 9.50. The number of nitrogens with one attached hydrogen (secondary N) is 2. The molecule has 284 valence electrons. The zero-order chi connectivity index (χ0) is 38.8. The molecule has 3 aromatic rings. The van der Waals surface area contributed by atoms with Gasteiger partial charge in [-0.25, -0.2) is 14.4 Å². The Labute approximate surface area is 317 Å². The molecule has 1 aliphatic heterocycles. The monoisotopic (exact) mass is 779 g/mol. The van der Waals surface area contributed by atoms with Crippen molar-refractivity contribution in [3.8, 4) is 0 Å². The van der Waals surface area contributed by atoms with Gasteiger partial charge in [-0.1, -0.05) is 13.8 Å². The van der Waals surface area contributed by atoms with Crippen LogP contribution < -0.4 is 10.6 Å². The number of hydrogen-bond acceptors (Lipinski definition) is 14. The minimum Gasteiger partial charge on any atom is -0.465 e. The molecule has 0 unspecified atom stereocenters. The van der Waals surface area contributed by atoms with E-state index in [2.05, 4.69) is 24.5 Å². The van der Waals surface area contributed by atoms with Crippen molar-refractivity contribution in [2.45, 2.75) is 52.4 Å². The minimum absolute atomic E-state index is 0.0718. The maximum absolute atomic E-state index is 13.2. The molecule has 17 heteroatoms. The van der Waals surface area contributed by atoms with Gasteiger partial charge in [-0.15, -0.1) is 22.7 Å². The van der Waals surface area contributed by atoms with Crippen LogP contribution in [0.5, 0.6) is 0 Å². The highest BCUT2D eigenvalue weighted by atomic mass is 32.1. The highest BCUT2D eigenvalue weighted by molar-refractivity contribution is 7.17. The summed E-state index contributed by atoms with van der Waals surface area (Å²) in [5.41, 5.74) is 1.89. The molecular weight excluding hydrogens is 743 g/mol. The second-order valence-corrected chi connectivity index (χ2v) is 15.6. The molecule has 0 bridgehead atoms. The molecule has 4 amide bonds. The van der Waals surface area contributed by atoms with Crippen LogP contribution in [0.15, 0.2) is 18.2 Å². The molecule has 3 aliphatic rings. The lowest BCUT2D eigenvalue weighted by Gasteiger charge is -2.18. The van der Waals surface area contributed by atoms with Crippen molar-refractivity contribution >= 4 is 80.2 Å². The van der Waals surface area contributed by atoms with E-state index in [9.17, 15) is 38.4 Å². The van der Waals surface area contributed by atoms with E-state index in [1.807, 2.05) is 0 Å². The van der Waals surface area contributed by atoms with Crippen molar-refractivity contribution in [3.63, 3.8) is 0 Å². The Morgan fingerprint density at radius 2 is 1.22 bits per heavy atom. The average molecular weight is 780 g/mol. The first-order chi connectivity index (χ1) is 25.8. The SMILES string of the molecule is COC(=O)c1c(NC(=O)COC(=O)CN2C(=O)c3ccc(C(=O)OCC(=O)Nc4sc5c(c4C(=O)OC)CC[C@@H](C)C5)cc3C2=O)sc2c1CC[C@@H](C)C2. The molecule has 0 saturated heterocycles. The largest absolute Gasteiger partial charge is 0.465 e. The summed E-state index contributed by atoms with van der Waals surface area (Å²) in [4.78, 5) is 105. The number of methoxy groups -OCH3 is 2. The molecule has 2 atom stereocenters. The van der Waals surface area contributed by atoms with Gasteiger partial charge in [-0.3, -0.25) is 28.9 Å². The summed E-state index contributed by atoms with van der Waals surface area (Å²) in [6.07, 6.45) is 4.65. The van der Waals surface area contributed by atoms with Crippen molar-refractivity contribution in [1.82, 2.24) is 4.90 Å². The first kappa shape index (κ1) is 38.3. The van der Waals surface area contributed by atoms with E-state index >= 15 is 0 Å². The number of benzene rings is 1. The summed E-state index contributed by atoms with van der Waals surface area (Å²) < 4.78 is 20.1. The zero-order valence-corrected chi connectivity index (χ0v) is 31.5. The minimum atomic E-state index is -1.05. The molecule has 1 aromatic carbocycles. The standard InChI is InChI=1S/C37H37N3O12S2/c1-17-5-8-21-24(11-17)53-31(29(21)36(47)49-3)38-26(41)15-51-28(43)14-40-33(44)20-10-7-19(13-23(20)34(40)45)35(46)52-16-27(42)39-32-30(37(48)50-4)22-9-6-18(2)12-25(22)54-32/h7,10,13,17-18H,5-6,8-9,11-12,14-16H2,1-4H3,(H,38,41)(H,39,42)/t17-,18-/m1/s1. The molecule has 2 aromatic heterocycles. The number of thiophene rings is 2. The highest BCUT2D eigenvalue weighted by Gasteiger charge is 2.38. The summed E-state index contributed by atoms with van der Waals surface area (Å²) in [5.74, 6) is -5.43. The van der Waals surface area contributed by atoms with Gasteiger partial charge in [0.05, 0.1) is 42.0 Å². The van der Waals surface area contributed by atoms with Crippen molar-refractivity contribution < 1.29 is 57.3 Å². The molecule has 2 aliphatic carbocycles. The summed E-state index contributed by atoms with van der Waals surface area (Å²) >= 11 is 2.55. The van der Waals surface area contributed by atoms with Crippen LogP contribution >= 0.6 is 22.7 Å². The predicted octanol–water partition coefficient (Wildman–Crippen LogP) is 4.21. The van der Waals surface area contributed by atoms with E-state index in [-0.39, 0.29) is 22.3 Å². The van der Waals surface area contributed by atoms with Gasteiger partial charge in [0.1, 0.15) is 16.5 Å². The zero-order valence-electron chi connectivity index (χ0n) is 29.9. The van der Waals surface area contributed by atoms with Gasteiger partial charge in [0.2, 0.25) is 0 Å². The molecule has 3 heterocycles. The second-order valence-electron chi connectivity index (χ2n) is 13.4. The van der Waals surface area contributed by atoms with Crippen LogP contribution in [0.25, 0.3) is 0 Å². The summed E-state index contributed by atoms with van der Waals surface area (Å²) in [6.45, 7) is 1.95. The number of esters is 4. The summed E-state index contributed by atoms with van der Waals surface area (Å²) in [5, 5.41) is 5.86. The number of carbonyl (C=O) groups excluding carboxylic acids is 8. The van der Waals surface area contributed by atoms with Crippen LogP contribution in [0.1, 0.15) is 99.4 Å². The molecule has 2 N–H and O–H groups in total. The number of rotatable bonds is 11. The maximum atomic E-state index is 13.2. The highest BCUT2D eigenvalue weighted by Crippen LogP contribution is 2.41. The second kappa shape index (κ2) is 15.9. The Hall–Kier alpha value is -5.42. The van der Waals surface area contributed by atoms with Crippen molar-refractivity contribution in [2.75, 3.05) is 44.6 Å². The number of amides is 4. The van der Waals surface area contributed by atoms with Gasteiger partial charge in [-0.05, 0) is 79.7 Å². The van der Waals surface area contributed by atoms with Gasteiger partial charge in [0.15, 0.2) is 13.2 Å². The van der Waals surface area contributed by atoms with Gasteiger partial charge < -0.3 is 29.6 Å². The molecule has 0 radical (unpaired) electrons. The van der Waals surface area contributed by atoms with Crippen LogP contribution in [-0.2, 0) is 59.0 Å². The summed E-state index contributed by atoms with van der Waals surface area (Å²) in [6, 6.07) is 3.59. The smallest absolute Gasteiger partial charge is 0.341 e. The normalized spacial score (nSPS) is 17.1. The van der Waals surface area contributed by atoms with Crippen LogP contribution in [0.3, 0.4) is 0 Å². The molecule has 15 nitrogen and oxygen atoms in total. The fourth-order valence-electron chi connectivity index (χ4n) is 6.74. The number of anilines is 2. The Morgan fingerprint density at radius 1 is 0.722 bits per heavy atom. The van der Waals surface area contributed by atoms with Crippen LogP contribution in [0.4, 0.5) is 10.0 Å². The van der Waals surface area contributed by atoms with E-state index in [1.165, 1.54) is 49.0 Å². The Balaban J connectivity index is 1.02. The molecule has 54 heavy (non-hydrogen) atoms. The van der Waals surface area contributed by atoms with Gasteiger partial charge in [0.25, 0.3) is 23.6 Å². The number of hydrogen-bond donors (Lipinski definition) is 2. The fourth-order valence-corrected chi connectivity index (χ4v) is 9.57. The third-order valence-corrected chi connectivity index (χ3v) is 11.8. The van der Waals surface area contributed by atoms with Crippen molar-refractivity contribution in [3.05, 3.63) is 66.9 Å². The Bertz CT molecular complexity index is 2100. The fraction of sp³-hybridized carbons (Fsp3) is 0.405. The Kier molecular flexibility index (Phi) is 11.3. The summed E-state index contributed by atoms with van der Waals surface area (Å²) in [7, 11) is 2.51. The Morgan fingerprint density at radius 3 is 1.74 bits per heavy atom. The van der Waals surface area contributed by atoms with Gasteiger partial charge in [-0.2, -0.15) is 0 Å². The number of ether oxygens (including phenoxy) is 4. The number of carbonyl (C=O) groups is 8. The van der Waals surface area contributed by atoms with E-state index in [4.69, 9.17) is 18.9 Å². The molecule has 0 spiro atoms. The maximum Gasteiger partial charge on any atom is 0.341 e. The first-order valence-electron chi connectivity index (χ1n) is 17.2. The number of imide groups is 1. The average Bonchev–Trinajstić information content (AvgIpc) is 3.76. The van der Waals surface area contributed by atoms with Crippen molar-refractivity contribution in [2.24, 2.45) is 11.8 Å². The van der Waals surface area contributed by atoms with E-state index in [0.29, 0.717) is 45.1 Å². The van der Waals surface area contributed by atoms with Gasteiger partial charge in [0, 0.05) is 9.75 Å². The lowest BCUT2D eigenvalue weighted by Crippen LogP contribution is -2.36. The quantitative estimate of drug-likeness (QED) is 0.160.